The first kappa shape index (κ1) is 22.1. The number of rotatable bonds is 10. The molecule has 0 radical (unpaired) electrons. The van der Waals surface area contributed by atoms with Crippen LogP contribution in [0.2, 0.25) is 0 Å². The number of amides is 2. The van der Waals surface area contributed by atoms with E-state index in [1.165, 1.54) is 5.69 Å². The van der Waals surface area contributed by atoms with Crippen LogP contribution in [0.4, 0.5) is 0 Å². The van der Waals surface area contributed by atoms with Gasteiger partial charge in [0, 0.05) is 43.0 Å². The third-order valence-corrected chi connectivity index (χ3v) is 6.29. The Hall–Kier alpha value is -2.56. The highest BCUT2D eigenvalue weighted by Crippen LogP contribution is 2.36. The molecule has 0 atom stereocenters. The van der Waals surface area contributed by atoms with Gasteiger partial charge in [0.15, 0.2) is 0 Å². The van der Waals surface area contributed by atoms with E-state index in [1.807, 2.05) is 24.0 Å². The largest absolute Gasteiger partial charge is 0.366 e. The molecule has 0 spiro atoms. The summed E-state index contributed by atoms with van der Waals surface area (Å²) in [5.41, 5.74) is 11.9. The number of carbonyl (C=O) groups excluding carboxylic acids is 2. The van der Waals surface area contributed by atoms with Crippen molar-refractivity contribution in [1.29, 1.82) is 0 Å². The van der Waals surface area contributed by atoms with Crippen LogP contribution in [0.25, 0.3) is 11.1 Å². The molecule has 1 saturated heterocycles. The number of likely N-dealkylation sites (tertiary alicyclic amines) is 1. The molecular formula is C25H35N3O2. The average Bonchev–Trinajstić information content (AvgIpc) is 3.24. The van der Waals surface area contributed by atoms with E-state index >= 15 is 0 Å². The van der Waals surface area contributed by atoms with Crippen LogP contribution < -0.4 is 5.73 Å². The van der Waals surface area contributed by atoms with Crippen LogP contribution in [0.15, 0.2) is 24.3 Å². The molecule has 5 heteroatoms. The lowest BCUT2D eigenvalue weighted by Gasteiger charge is -2.18. The van der Waals surface area contributed by atoms with E-state index < -0.39 is 0 Å². The zero-order valence-corrected chi connectivity index (χ0v) is 18.7. The fourth-order valence-corrected chi connectivity index (χ4v) is 4.71. The number of benzene rings is 1. The van der Waals surface area contributed by atoms with E-state index in [4.69, 9.17) is 5.73 Å². The molecule has 1 aliphatic heterocycles. The summed E-state index contributed by atoms with van der Waals surface area (Å²) in [5, 5.41) is 0. The van der Waals surface area contributed by atoms with E-state index in [2.05, 4.69) is 30.5 Å². The van der Waals surface area contributed by atoms with E-state index in [0.29, 0.717) is 12.0 Å². The Morgan fingerprint density at radius 3 is 2.50 bits per heavy atom. The van der Waals surface area contributed by atoms with Crippen molar-refractivity contribution in [2.24, 2.45) is 5.73 Å². The van der Waals surface area contributed by atoms with E-state index in [9.17, 15) is 9.59 Å². The van der Waals surface area contributed by atoms with Gasteiger partial charge in [-0.05, 0) is 50.7 Å². The van der Waals surface area contributed by atoms with E-state index in [-0.39, 0.29) is 11.8 Å². The Morgan fingerprint density at radius 2 is 1.87 bits per heavy atom. The fourth-order valence-electron chi connectivity index (χ4n) is 4.71. The van der Waals surface area contributed by atoms with Gasteiger partial charge >= 0.3 is 0 Å². The highest BCUT2D eigenvalue weighted by atomic mass is 16.2. The second-order valence-corrected chi connectivity index (χ2v) is 8.41. The Morgan fingerprint density at radius 1 is 1.10 bits per heavy atom. The van der Waals surface area contributed by atoms with Crippen molar-refractivity contribution in [3.8, 4) is 11.1 Å². The Kier molecular flexibility index (Phi) is 7.35. The van der Waals surface area contributed by atoms with Crippen molar-refractivity contribution in [2.75, 3.05) is 13.1 Å². The Labute approximate surface area is 180 Å². The second kappa shape index (κ2) is 9.96. The van der Waals surface area contributed by atoms with Gasteiger partial charge in [-0.2, -0.15) is 0 Å². The first-order valence-electron chi connectivity index (χ1n) is 11.3. The van der Waals surface area contributed by atoms with Gasteiger partial charge in [-0.25, -0.2) is 0 Å². The lowest BCUT2D eigenvalue weighted by molar-refractivity contribution is -0.127. The van der Waals surface area contributed by atoms with E-state index in [0.717, 1.165) is 80.5 Å². The summed E-state index contributed by atoms with van der Waals surface area (Å²) in [6.45, 7) is 8.73. The molecule has 2 N–H and O–H groups in total. The lowest BCUT2D eigenvalue weighted by Crippen LogP contribution is -2.26. The zero-order valence-electron chi connectivity index (χ0n) is 18.7. The number of hydrogen-bond donors (Lipinski definition) is 1. The number of nitrogens with two attached hydrogens (primary N) is 1. The second-order valence-electron chi connectivity index (χ2n) is 8.41. The highest BCUT2D eigenvalue weighted by molar-refractivity contribution is 6.02. The Balaban J connectivity index is 1.99. The first-order valence-corrected chi connectivity index (χ1v) is 11.3. The van der Waals surface area contributed by atoms with Crippen LogP contribution in [-0.4, -0.2) is 34.4 Å². The van der Waals surface area contributed by atoms with Gasteiger partial charge in [-0.1, -0.05) is 44.0 Å². The molecule has 0 bridgehead atoms. The van der Waals surface area contributed by atoms with Crippen LogP contribution >= 0.6 is 0 Å². The quantitative estimate of drug-likeness (QED) is 0.582. The van der Waals surface area contributed by atoms with E-state index in [1.54, 1.807) is 0 Å². The third-order valence-electron chi connectivity index (χ3n) is 6.29. The van der Waals surface area contributed by atoms with Gasteiger partial charge in [0.1, 0.15) is 0 Å². The standard InChI is InChI=1S/C25H35N3O2/c1-4-5-6-13-21-24(20-12-8-7-11-18(20)2)23(25(26)30)19(3)28(21)17-10-16-27-15-9-14-22(27)29/h7-8,11-12H,4-6,9-10,13-17H2,1-3H3,(H2,26,30). The molecule has 2 aromatic rings. The fraction of sp³-hybridized carbons (Fsp3) is 0.520. The molecule has 2 heterocycles. The summed E-state index contributed by atoms with van der Waals surface area (Å²) in [6.07, 6.45) is 6.84. The minimum atomic E-state index is -0.365. The molecule has 2 amide bonds. The summed E-state index contributed by atoms with van der Waals surface area (Å²) >= 11 is 0. The predicted octanol–water partition coefficient (Wildman–Crippen LogP) is 4.62. The first-order chi connectivity index (χ1) is 14.5. The maximum absolute atomic E-state index is 12.5. The van der Waals surface area contributed by atoms with Crippen LogP contribution in [0.1, 0.15) is 72.8 Å². The molecule has 0 saturated carbocycles. The number of aromatic nitrogens is 1. The molecule has 0 aliphatic carbocycles. The van der Waals surface area contributed by atoms with Crippen LogP contribution in [-0.2, 0) is 17.8 Å². The zero-order chi connectivity index (χ0) is 21.7. The molecule has 0 unspecified atom stereocenters. The van der Waals surface area contributed by atoms with Gasteiger partial charge in [-0.15, -0.1) is 0 Å². The number of primary amides is 1. The normalized spacial score (nSPS) is 14.0. The maximum atomic E-state index is 12.5. The molecule has 5 nitrogen and oxygen atoms in total. The van der Waals surface area contributed by atoms with Gasteiger partial charge in [-0.3, -0.25) is 9.59 Å². The molecule has 1 aromatic carbocycles. The molecule has 1 aromatic heterocycles. The number of unbranched alkanes of at least 4 members (excludes halogenated alkanes) is 2. The molecule has 162 valence electrons. The van der Waals surface area contributed by atoms with Crippen molar-refractivity contribution in [1.82, 2.24) is 9.47 Å². The predicted molar refractivity (Wildman–Crippen MR) is 122 cm³/mol. The maximum Gasteiger partial charge on any atom is 0.251 e. The smallest absolute Gasteiger partial charge is 0.251 e. The van der Waals surface area contributed by atoms with Crippen molar-refractivity contribution in [3.05, 3.63) is 46.8 Å². The lowest BCUT2D eigenvalue weighted by atomic mass is 9.94. The average molecular weight is 410 g/mol. The molecule has 1 fully saturated rings. The third kappa shape index (κ3) is 4.61. The number of carbonyl (C=O) groups is 2. The van der Waals surface area contributed by atoms with Gasteiger partial charge < -0.3 is 15.2 Å². The minimum Gasteiger partial charge on any atom is -0.366 e. The van der Waals surface area contributed by atoms with Crippen molar-refractivity contribution in [3.63, 3.8) is 0 Å². The highest BCUT2D eigenvalue weighted by Gasteiger charge is 2.26. The number of hydrogen-bond acceptors (Lipinski definition) is 2. The molecule has 1 aliphatic rings. The summed E-state index contributed by atoms with van der Waals surface area (Å²) in [5.74, 6) is -0.100. The Bertz CT molecular complexity index is 913. The number of nitrogens with zero attached hydrogens (tertiary/aromatic N) is 2. The summed E-state index contributed by atoms with van der Waals surface area (Å²) in [6, 6.07) is 8.22. The monoisotopic (exact) mass is 409 g/mol. The van der Waals surface area contributed by atoms with Crippen molar-refractivity contribution in [2.45, 2.75) is 72.3 Å². The summed E-state index contributed by atoms with van der Waals surface area (Å²) in [7, 11) is 0. The summed E-state index contributed by atoms with van der Waals surface area (Å²) in [4.78, 5) is 26.4. The van der Waals surface area contributed by atoms with Gasteiger partial charge in [0.05, 0.1) is 5.56 Å². The minimum absolute atomic E-state index is 0.265. The van der Waals surface area contributed by atoms with Crippen molar-refractivity contribution < 1.29 is 9.59 Å². The summed E-state index contributed by atoms with van der Waals surface area (Å²) < 4.78 is 2.29. The van der Waals surface area contributed by atoms with Crippen molar-refractivity contribution >= 4 is 11.8 Å². The van der Waals surface area contributed by atoms with Crippen LogP contribution in [0, 0.1) is 13.8 Å². The van der Waals surface area contributed by atoms with Crippen LogP contribution in [0.5, 0.6) is 0 Å². The van der Waals surface area contributed by atoms with Crippen LogP contribution in [0.3, 0.4) is 0 Å². The molecular weight excluding hydrogens is 374 g/mol. The SMILES string of the molecule is CCCCCc1c(-c2ccccc2C)c(C(N)=O)c(C)n1CCCN1CCCC1=O. The van der Waals surface area contributed by atoms with Gasteiger partial charge in [0.2, 0.25) is 5.91 Å². The molecule has 3 rings (SSSR count). The number of aryl methyl sites for hydroxylation is 1. The molecule has 30 heavy (non-hydrogen) atoms. The topological polar surface area (TPSA) is 68.3 Å². The van der Waals surface area contributed by atoms with Gasteiger partial charge in [0.25, 0.3) is 5.91 Å².